The van der Waals surface area contributed by atoms with E-state index in [-0.39, 0.29) is 11.8 Å². The van der Waals surface area contributed by atoms with Crippen LogP contribution in [0.5, 0.6) is 0 Å². The summed E-state index contributed by atoms with van der Waals surface area (Å²) in [6, 6.07) is 20.5. The molecule has 0 bridgehead atoms. The molecule has 0 unspecified atom stereocenters. The lowest BCUT2D eigenvalue weighted by Crippen LogP contribution is -2.46. The van der Waals surface area contributed by atoms with E-state index in [0.717, 1.165) is 61.4 Å². The first-order chi connectivity index (χ1) is 19.5. The van der Waals surface area contributed by atoms with Crippen LogP contribution in [0.3, 0.4) is 0 Å². The molecule has 0 saturated carbocycles. The average Bonchev–Trinajstić information content (AvgIpc) is 3.30. The molecule has 0 radical (unpaired) electrons. The van der Waals surface area contributed by atoms with E-state index in [1.165, 1.54) is 0 Å². The molecule has 206 valence electrons. The van der Waals surface area contributed by atoms with E-state index in [0.29, 0.717) is 34.6 Å². The molecule has 2 aliphatic heterocycles. The molecule has 40 heavy (non-hydrogen) atoms. The highest BCUT2D eigenvalue weighted by Crippen LogP contribution is 2.38. The van der Waals surface area contributed by atoms with Gasteiger partial charge in [-0.25, -0.2) is 4.31 Å². The quantitative estimate of drug-likeness (QED) is 0.205. The summed E-state index contributed by atoms with van der Waals surface area (Å²) >= 11 is 1.78. The van der Waals surface area contributed by atoms with Gasteiger partial charge in [-0.15, -0.1) is 0 Å². The Hall–Kier alpha value is -3.92. The number of hydrogen-bond donors (Lipinski definition) is 3. The zero-order chi connectivity index (χ0) is 28.1. The lowest BCUT2D eigenvalue weighted by molar-refractivity contribution is -0.110. The van der Waals surface area contributed by atoms with Gasteiger partial charge in [0.15, 0.2) is 0 Å². The fourth-order valence-electron chi connectivity index (χ4n) is 5.02. The summed E-state index contributed by atoms with van der Waals surface area (Å²) in [7, 11) is 0. The molecule has 8 nitrogen and oxygen atoms in total. The fourth-order valence-corrected chi connectivity index (χ4v) is 5.54. The molecule has 9 heteroatoms. The summed E-state index contributed by atoms with van der Waals surface area (Å²) in [5.74, 6) is -0.351. The number of rotatable bonds is 9. The normalized spacial score (nSPS) is 16.7. The monoisotopic (exact) mass is 555 g/mol. The first kappa shape index (κ1) is 27.6. The highest BCUT2D eigenvalue weighted by molar-refractivity contribution is 7.96. The van der Waals surface area contributed by atoms with Gasteiger partial charge in [-0.2, -0.15) is 0 Å². The lowest BCUT2D eigenvalue weighted by Gasteiger charge is -2.33. The first-order valence-electron chi connectivity index (χ1n) is 13.3. The van der Waals surface area contributed by atoms with Crippen LogP contribution in [0, 0.1) is 6.92 Å². The minimum atomic E-state index is -0.241. The Kier molecular flexibility index (Phi) is 8.64. The van der Waals surface area contributed by atoms with Crippen LogP contribution in [0.15, 0.2) is 66.7 Å². The van der Waals surface area contributed by atoms with Crippen molar-refractivity contribution in [3.8, 4) is 0 Å². The zero-order valence-corrected chi connectivity index (χ0v) is 23.5. The van der Waals surface area contributed by atoms with Gasteiger partial charge in [0.05, 0.1) is 11.3 Å². The second-order valence-electron chi connectivity index (χ2n) is 9.85. The van der Waals surface area contributed by atoms with E-state index in [2.05, 4.69) is 31.4 Å². The van der Waals surface area contributed by atoms with Crippen molar-refractivity contribution in [1.82, 2.24) is 14.5 Å². The number of piperazine rings is 1. The van der Waals surface area contributed by atoms with Crippen LogP contribution in [-0.2, 0) is 4.79 Å². The summed E-state index contributed by atoms with van der Waals surface area (Å²) in [6.07, 6.45) is 2.90. The van der Waals surface area contributed by atoms with E-state index < -0.39 is 0 Å². The molecule has 3 aromatic rings. The summed E-state index contributed by atoms with van der Waals surface area (Å²) in [5.41, 5.74) is 6.01. The van der Waals surface area contributed by atoms with E-state index in [1.807, 2.05) is 55.5 Å². The van der Waals surface area contributed by atoms with Crippen molar-refractivity contribution in [3.63, 3.8) is 0 Å². The van der Waals surface area contributed by atoms with Crippen LogP contribution < -0.4 is 16.0 Å². The molecule has 2 amide bonds. The van der Waals surface area contributed by atoms with Gasteiger partial charge in [-0.3, -0.25) is 19.3 Å². The maximum Gasteiger partial charge on any atom is 0.258 e. The highest BCUT2D eigenvalue weighted by atomic mass is 32.2. The van der Waals surface area contributed by atoms with Crippen molar-refractivity contribution in [1.29, 1.82) is 0 Å². The Balaban J connectivity index is 1.32. The molecule has 1 saturated heterocycles. The minimum absolute atomic E-state index is 0.110. The number of hydrogen-bond acceptors (Lipinski definition) is 7. The number of aryl methyl sites for hydroxylation is 1. The summed E-state index contributed by atoms with van der Waals surface area (Å²) in [5, 5.41) is 9.35. The smallest absolute Gasteiger partial charge is 0.258 e. The highest BCUT2D eigenvalue weighted by Gasteiger charge is 2.29. The van der Waals surface area contributed by atoms with Gasteiger partial charge in [-0.05, 0) is 60.7 Å². The van der Waals surface area contributed by atoms with Crippen molar-refractivity contribution >= 4 is 52.7 Å². The summed E-state index contributed by atoms with van der Waals surface area (Å²) in [4.78, 5) is 39.8. The van der Waals surface area contributed by atoms with Crippen molar-refractivity contribution < 1.29 is 14.4 Å². The van der Waals surface area contributed by atoms with Crippen molar-refractivity contribution in [3.05, 3.63) is 94.5 Å². The number of nitrogens with zero attached hydrogens (tertiary/aromatic N) is 2. The average molecular weight is 556 g/mol. The van der Waals surface area contributed by atoms with Gasteiger partial charge in [0.1, 0.15) is 6.29 Å². The molecule has 0 aromatic heterocycles. The van der Waals surface area contributed by atoms with Crippen LogP contribution in [0.2, 0.25) is 0 Å². The molecular weight excluding hydrogens is 522 g/mol. The SMILES string of the molecule is CSN1CCN(CCNC(=O)c2ccc(N/C(=C3\C(=O)Nc4cc(C=O)c(C)cc43)c3ccccc3)cc2)CC1. The third kappa shape index (κ3) is 6.12. The maximum atomic E-state index is 13.2. The Morgan fingerprint density at radius 1 is 1.00 bits per heavy atom. The maximum absolute atomic E-state index is 13.2. The van der Waals surface area contributed by atoms with Crippen LogP contribution in [0.1, 0.15) is 37.4 Å². The Morgan fingerprint density at radius 2 is 1.73 bits per heavy atom. The molecule has 0 atom stereocenters. The lowest BCUT2D eigenvalue weighted by atomic mass is 9.97. The number of carbonyl (C=O) groups excluding carboxylic acids is 3. The second kappa shape index (κ2) is 12.5. The minimum Gasteiger partial charge on any atom is -0.354 e. The molecule has 5 rings (SSSR count). The largest absolute Gasteiger partial charge is 0.354 e. The topological polar surface area (TPSA) is 93.8 Å². The summed E-state index contributed by atoms with van der Waals surface area (Å²) in [6.45, 7) is 7.39. The predicted molar refractivity (Wildman–Crippen MR) is 162 cm³/mol. The van der Waals surface area contributed by atoms with E-state index >= 15 is 0 Å². The van der Waals surface area contributed by atoms with Crippen molar-refractivity contribution in [2.75, 3.05) is 56.2 Å². The molecular formula is C31H33N5O3S. The zero-order valence-electron chi connectivity index (χ0n) is 22.7. The number of anilines is 2. The van der Waals surface area contributed by atoms with E-state index in [9.17, 15) is 14.4 Å². The molecule has 0 aliphatic carbocycles. The van der Waals surface area contributed by atoms with Gasteiger partial charge < -0.3 is 16.0 Å². The van der Waals surface area contributed by atoms with Crippen molar-refractivity contribution in [2.45, 2.75) is 6.92 Å². The molecule has 0 spiro atoms. The van der Waals surface area contributed by atoms with Gasteiger partial charge >= 0.3 is 0 Å². The number of amides is 2. The van der Waals surface area contributed by atoms with Crippen molar-refractivity contribution in [2.24, 2.45) is 0 Å². The van der Waals surface area contributed by atoms with Gasteiger partial charge in [0, 0.05) is 67.3 Å². The first-order valence-corrected chi connectivity index (χ1v) is 14.5. The number of carbonyl (C=O) groups is 3. The van der Waals surface area contributed by atoms with Crippen LogP contribution in [0.25, 0.3) is 11.3 Å². The van der Waals surface area contributed by atoms with Crippen LogP contribution in [0.4, 0.5) is 11.4 Å². The number of benzene rings is 3. The predicted octanol–water partition coefficient (Wildman–Crippen LogP) is 4.37. The van der Waals surface area contributed by atoms with Gasteiger partial charge in [0.25, 0.3) is 11.8 Å². The van der Waals surface area contributed by atoms with Gasteiger partial charge in [0.2, 0.25) is 0 Å². The fraction of sp³-hybridized carbons (Fsp3) is 0.258. The van der Waals surface area contributed by atoms with Gasteiger partial charge in [-0.1, -0.05) is 42.3 Å². The standard InChI is InChI=1S/C31H33N5O3S/c1-21-18-26-27(19-24(21)20-37)34-31(39)28(26)29(22-6-4-3-5-7-22)33-25-10-8-23(9-11-25)30(38)32-12-13-35-14-16-36(40-2)17-15-35/h3-11,18-20,33H,12-17H2,1-2H3,(H,32,38)(H,34,39)/b29-28-. The molecule has 2 heterocycles. The number of nitrogens with one attached hydrogen (secondary N) is 3. The second-order valence-corrected chi connectivity index (χ2v) is 10.7. The molecule has 2 aliphatic rings. The Labute approximate surface area is 239 Å². The van der Waals surface area contributed by atoms with E-state index in [4.69, 9.17) is 0 Å². The molecule has 1 fully saturated rings. The Bertz CT molecular complexity index is 1430. The van der Waals surface area contributed by atoms with Crippen LogP contribution in [-0.4, -0.2) is 72.8 Å². The molecule has 3 aromatic carbocycles. The van der Waals surface area contributed by atoms with Crippen LogP contribution >= 0.6 is 11.9 Å². The van der Waals surface area contributed by atoms with E-state index in [1.54, 1.807) is 30.1 Å². The molecule has 3 N–H and O–H groups in total. The Morgan fingerprint density at radius 3 is 2.40 bits per heavy atom. The number of aldehydes is 1. The number of fused-ring (bicyclic) bond motifs is 1. The third-order valence-electron chi connectivity index (χ3n) is 7.31. The summed E-state index contributed by atoms with van der Waals surface area (Å²) < 4.78 is 2.35. The third-order valence-corrected chi connectivity index (χ3v) is 8.19.